The van der Waals surface area contributed by atoms with Gasteiger partial charge in [-0.05, 0) is 31.5 Å². The molecule has 6 heteroatoms. The van der Waals surface area contributed by atoms with Crippen LogP contribution in [0, 0.1) is 0 Å². The van der Waals surface area contributed by atoms with Gasteiger partial charge in [-0.15, -0.1) is 0 Å². The number of β-amino-alcohol motifs (C(OH)–C–C–N with tert-alkyl or cyclic N) is 1. The van der Waals surface area contributed by atoms with Gasteiger partial charge >= 0.3 is 0 Å². The quantitative estimate of drug-likeness (QED) is 0.862. The highest BCUT2D eigenvalue weighted by Crippen LogP contribution is 2.28. The zero-order valence-electron chi connectivity index (χ0n) is 15.1. The molecule has 0 spiro atoms. The number of aromatic nitrogens is 1. The van der Waals surface area contributed by atoms with E-state index in [-0.39, 0.29) is 6.61 Å². The van der Waals surface area contributed by atoms with Crippen LogP contribution in [-0.4, -0.2) is 71.7 Å². The molecule has 26 heavy (non-hydrogen) atoms. The van der Waals surface area contributed by atoms with E-state index < -0.39 is 5.60 Å². The number of pyridine rings is 1. The maximum Gasteiger partial charge on any atom is 0.133 e. The molecule has 3 heterocycles. The second-order valence-electron chi connectivity index (χ2n) is 7.46. The summed E-state index contributed by atoms with van der Waals surface area (Å²) in [5.41, 5.74) is 1.19. The summed E-state index contributed by atoms with van der Waals surface area (Å²) in [7, 11) is 0. The Balaban J connectivity index is 1.65. The van der Waals surface area contributed by atoms with Gasteiger partial charge in [0.15, 0.2) is 0 Å². The summed E-state index contributed by atoms with van der Waals surface area (Å²) in [5.74, 6) is 1.02. The van der Waals surface area contributed by atoms with Gasteiger partial charge in [0, 0.05) is 37.1 Å². The highest BCUT2D eigenvalue weighted by atomic mass is 16.5. The van der Waals surface area contributed by atoms with Gasteiger partial charge in [-0.1, -0.05) is 18.2 Å². The molecular formula is C20H27N3O3. The Bertz CT molecular complexity index is 763. The molecule has 4 rings (SSSR count). The number of benzene rings is 1. The molecule has 0 saturated carbocycles. The number of hydrogen-bond acceptors (Lipinski definition) is 6. The van der Waals surface area contributed by atoms with Crippen LogP contribution in [0.1, 0.15) is 18.4 Å². The Kier molecular flexibility index (Phi) is 5.09. The molecule has 1 aromatic heterocycles. The summed E-state index contributed by atoms with van der Waals surface area (Å²) < 4.78 is 5.50. The second-order valence-corrected chi connectivity index (χ2v) is 7.46. The third kappa shape index (κ3) is 3.69. The fraction of sp³-hybridized carbons (Fsp3) is 0.550. The average molecular weight is 357 g/mol. The van der Waals surface area contributed by atoms with E-state index >= 15 is 0 Å². The number of nitrogens with zero attached hydrogens (tertiary/aromatic N) is 3. The van der Waals surface area contributed by atoms with Gasteiger partial charge in [0.25, 0.3) is 0 Å². The van der Waals surface area contributed by atoms with E-state index in [0.717, 1.165) is 62.5 Å². The normalized spacial score (nSPS) is 24.9. The molecule has 0 aliphatic carbocycles. The van der Waals surface area contributed by atoms with Gasteiger partial charge in [0.2, 0.25) is 0 Å². The molecule has 1 atom stereocenters. The van der Waals surface area contributed by atoms with Crippen molar-refractivity contribution in [2.24, 2.45) is 0 Å². The molecule has 2 saturated heterocycles. The third-order valence-electron chi connectivity index (χ3n) is 5.41. The number of ether oxygens (including phenoxy) is 1. The lowest BCUT2D eigenvalue weighted by molar-refractivity contribution is -0.0687. The standard InChI is InChI=1S/C20H27N3O3/c24-15-20(25)6-3-7-22(14-20)13-17-12-16-4-1-2-5-18(16)21-19(17)23-8-10-26-11-9-23/h1-2,4-5,12,24-25H,3,6-11,13-15H2. The van der Waals surface area contributed by atoms with E-state index in [4.69, 9.17) is 9.72 Å². The van der Waals surface area contributed by atoms with Crippen molar-refractivity contribution < 1.29 is 14.9 Å². The van der Waals surface area contributed by atoms with Crippen LogP contribution in [0.5, 0.6) is 0 Å². The van der Waals surface area contributed by atoms with Crippen molar-refractivity contribution >= 4 is 16.7 Å². The van der Waals surface area contributed by atoms with Crippen LogP contribution < -0.4 is 4.90 Å². The second kappa shape index (κ2) is 7.48. The number of fused-ring (bicyclic) bond motifs is 1. The Morgan fingerprint density at radius 1 is 1.15 bits per heavy atom. The van der Waals surface area contributed by atoms with Crippen molar-refractivity contribution in [2.75, 3.05) is 50.9 Å². The van der Waals surface area contributed by atoms with E-state index in [1.807, 2.05) is 12.1 Å². The SMILES string of the molecule is OCC1(O)CCCN(Cc2cc3ccccc3nc2N2CCOCC2)C1. The first-order valence-electron chi connectivity index (χ1n) is 9.44. The number of anilines is 1. The topological polar surface area (TPSA) is 69.1 Å². The number of para-hydroxylation sites is 1. The van der Waals surface area contributed by atoms with Gasteiger partial charge < -0.3 is 19.8 Å². The first-order chi connectivity index (χ1) is 12.7. The van der Waals surface area contributed by atoms with Gasteiger partial charge in [0.1, 0.15) is 11.4 Å². The summed E-state index contributed by atoms with van der Waals surface area (Å²) in [6.45, 7) is 5.11. The van der Waals surface area contributed by atoms with Gasteiger partial charge in [0.05, 0.1) is 25.3 Å². The van der Waals surface area contributed by atoms with Crippen molar-refractivity contribution in [3.05, 3.63) is 35.9 Å². The maximum atomic E-state index is 10.5. The van der Waals surface area contributed by atoms with Gasteiger partial charge in [-0.25, -0.2) is 4.98 Å². The lowest BCUT2D eigenvalue weighted by atomic mass is 9.93. The molecule has 2 aromatic rings. The zero-order valence-corrected chi connectivity index (χ0v) is 15.1. The summed E-state index contributed by atoms with van der Waals surface area (Å²) >= 11 is 0. The summed E-state index contributed by atoms with van der Waals surface area (Å²) in [5, 5.41) is 21.1. The lowest BCUT2D eigenvalue weighted by Gasteiger charge is -2.38. The van der Waals surface area contributed by atoms with Crippen molar-refractivity contribution in [3.8, 4) is 0 Å². The first-order valence-corrected chi connectivity index (χ1v) is 9.44. The van der Waals surface area contributed by atoms with Gasteiger partial charge in [-0.3, -0.25) is 4.90 Å². The van der Waals surface area contributed by atoms with E-state index in [1.54, 1.807) is 0 Å². The van der Waals surface area contributed by atoms with Crippen molar-refractivity contribution in [2.45, 2.75) is 25.0 Å². The molecule has 140 valence electrons. The van der Waals surface area contributed by atoms with Crippen LogP contribution in [-0.2, 0) is 11.3 Å². The van der Waals surface area contributed by atoms with E-state index in [1.165, 1.54) is 5.56 Å². The minimum Gasteiger partial charge on any atom is -0.393 e. The minimum atomic E-state index is -0.984. The number of morpholine rings is 1. The largest absolute Gasteiger partial charge is 0.393 e. The average Bonchev–Trinajstić information content (AvgIpc) is 2.68. The summed E-state index contributed by atoms with van der Waals surface area (Å²) in [6, 6.07) is 10.4. The molecule has 2 aliphatic rings. The molecule has 1 unspecified atom stereocenters. The van der Waals surface area contributed by atoms with Crippen LogP contribution in [0.4, 0.5) is 5.82 Å². The van der Waals surface area contributed by atoms with E-state index in [2.05, 4.69) is 28.0 Å². The predicted molar refractivity (Wildman–Crippen MR) is 101 cm³/mol. The minimum absolute atomic E-state index is 0.185. The van der Waals surface area contributed by atoms with Crippen LogP contribution in [0.3, 0.4) is 0 Å². The monoisotopic (exact) mass is 357 g/mol. The zero-order chi connectivity index (χ0) is 18.0. The van der Waals surface area contributed by atoms with Crippen LogP contribution in [0.25, 0.3) is 10.9 Å². The molecule has 0 radical (unpaired) electrons. The van der Waals surface area contributed by atoms with E-state index in [0.29, 0.717) is 13.0 Å². The fourth-order valence-corrected chi connectivity index (χ4v) is 4.03. The van der Waals surface area contributed by atoms with Crippen LogP contribution in [0.15, 0.2) is 30.3 Å². The number of likely N-dealkylation sites (tertiary alicyclic amines) is 1. The molecule has 2 N–H and O–H groups in total. The van der Waals surface area contributed by atoms with Crippen LogP contribution in [0.2, 0.25) is 0 Å². The molecule has 0 bridgehead atoms. The molecule has 0 amide bonds. The van der Waals surface area contributed by atoms with Crippen molar-refractivity contribution in [3.63, 3.8) is 0 Å². The number of rotatable bonds is 4. The molecule has 2 fully saturated rings. The lowest BCUT2D eigenvalue weighted by Crippen LogP contribution is -2.50. The van der Waals surface area contributed by atoms with Crippen molar-refractivity contribution in [1.82, 2.24) is 9.88 Å². The highest BCUT2D eigenvalue weighted by Gasteiger charge is 2.33. The fourth-order valence-electron chi connectivity index (χ4n) is 4.03. The number of aliphatic hydroxyl groups is 2. The van der Waals surface area contributed by atoms with Crippen LogP contribution >= 0.6 is 0 Å². The molecule has 2 aliphatic heterocycles. The number of hydrogen-bond donors (Lipinski definition) is 2. The Morgan fingerprint density at radius 3 is 2.77 bits per heavy atom. The highest BCUT2D eigenvalue weighted by molar-refractivity contribution is 5.81. The summed E-state index contributed by atoms with van der Waals surface area (Å²) in [6.07, 6.45) is 1.55. The Hall–Kier alpha value is -1.73. The molecule has 6 nitrogen and oxygen atoms in total. The third-order valence-corrected chi connectivity index (χ3v) is 5.41. The Morgan fingerprint density at radius 2 is 1.96 bits per heavy atom. The number of piperidine rings is 1. The van der Waals surface area contributed by atoms with Crippen molar-refractivity contribution in [1.29, 1.82) is 0 Å². The van der Waals surface area contributed by atoms with Gasteiger partial charge in [-0.2, -0.15) is 0 Å². The molecule has 1 aromatic carbocycles. The first kappa shape index (κ1) is 17.7. The smallest absolute Gasteiger partial charge is 0.133 e. The van der Waals surface area contributed by atoms with E-state index in [9.17, 15) is 10.2 Å². The Labute approximate surface area is 154 Å². The number of aliphatic hydroxyl groups excluding tert-OH is 1. The molecular weight excluding hydrogens is 330 g/mol. The maximum absolute atomic E-state index is 10.5. The predicted octanol–water partition coefficient (Wildman–Crippen LogP) is 1.39. The summed E-state index contributed by atoms with van der Waals surface area (Å²) in [4.78, 5) is 9.48.